The van der Waals surface area contributed by atoms with Gasteiger partial charge in [0.1, 0.15) is 17.0 Å². The molecule has 2 aromatic carbocycles. The zero-order valence-corrected chi connectivity index (χ0v) is 14.0. The van der Waals surface area contributed by atoms with Crippen molar-refractivity contribution < 1.29 is 9.90 Å². The maximum Gasteiger partial charge on any atom is 0.264 e. The van der Waals surface area contributed by atoms with Crippen LogP contribution in [0.3, 0.4) is 0 Å². The first-order valence-electron chi connectivity index (χ1n) is 8.03. The Morgan fingerprint density at radius 2 is 1.73 bits per heavy atom. The normalized spacial score (nSPS) is 11.0. The van der Waals surface area contributed by atoms with Crippen LogP contribution in [0.2, 0.25) is 0 Å². The summed E-state index contributed by atoms with van der Waals surface area (Å²) >= 11 is 0. The molecular weight excluding hydrogens is 330 g/mol. The number of hydrogen-bond acceptors (Lipinski definition) is 4. The minimum absolute atomic E-state index is 0.0166. The van der Waals surface area contributed by atoms with E-state index in [0.717, 1.165) is 5.69 Å². The number of nitrogens with zero attached hydrogens (tertiary/aromatic N) is 3. The van der Waals surface area contributed by atoms with E-state index in [1.54, 1.807) is 37.5 Å². The zero-order chi connectivity index (χ0) is 18.3. The molecule has 0 amide bonds. The number of carbonyl (C=O) groups excluding carboxylic acids is 1. The highest BCUT2D eigenvalue weighted by Crippen LogP contribution is 2.33. The summed E-state index contributed by atoms with van der Waals surface area (Å²) in [6, 6.07) is 16.3. The number of aryl methyl sites for hydroxylation is 1. The number of benzene rings is 2. The van der Waals surface area contributed by atoms with E-state index in [9.17, 15) is 14.7 Å². The molecule has 0 radical (unpaired) electrons. The molecule has 0 fully saturated rings. The lowest BCUT2D eigenvalue weighted by atomic mass is 10.1. The van der Waals surface area contributed by atoms with Crippen molar-refractivity contribution in [3.05, 3.63) is 76.7 Å². The van der Waals surface area contributed by atoms with E-state index in [1.807, 2.05) is 30.3 Å². The van der Waals surface area contributed by atoms with Gasteiger partial charge < -0.3 is 9.67 Å². The molecule has 0 saturated carbocycles. The Kier molecular flexibility index (Phi) is 3.65. The van der Waals surface area contributed by atoms with Crippen molar-refractivity contribution in [3.8, 4) is 22.7 Å². The Morgan fingerprint density at radius 3 is 2.46 bits per heavy atom. The van der Waals surface area contributed by atoms with Crippen LogP contribution in [0, 0.1) is 0 Å². The third-order valence-electron chi connectivity index (χ3n) is 4.40. The molecular formula is C20H15N3O3. The van der Waals surface area contributed by atoms with E-state index >= 15 is 0 Å². The Hall–Kier alpha value is -3.67. The second-order valence-corrected chi connectivity index (χ2v) is 5.94. The summed E-state index contributed by atoms with van der Waals surface area (Å²) in [5.41, 5.74) is 1.35. The molecule has 0 aliphatic heterocycles. The van der Waals surface area contributed by atoms with Gasteiger partial charge in [-0.2, -0.15) is 5.10 Å². The lowest BCUT2D eigenvalue weighted by molar-refractivity contribution is 0.112. The first-order valence-corrected chi connectivity index (χ1v) is 8.03. The first kappa shape index (κ1) is 15.8. The molecule has 2 heterocycles. The monoisotopic (exact) mass is 345 g/mol. The van der Waals surface area contributed by atoms with Crippen molar-refractivity contribution in [3.63, 3.8) is 0 Å². The smallest absolute Gasteiger partial charge is 0.264 e. The summed E-state index contributed by atoms with van der Waals surface area (Å²) in [4.78, 5) is 24.4. The van der Waals surface area contributed by atoms with Gasteiger partial charge in [-0.05, 0) is 24.3 Å². The van der Waals surface area contributed by atoms with Crippen LogP contribution in [0.4, 0.5) is 0 Å². The highest BCUT2D eigenvalue weighted by molar-refractivity contribution is 5.95. The van der Waals surface area contributed by atoms with Crippen LogP contribution in [0.5, 0.6) is 5.75 Å². The second-order valence-electron chi connectivity index (χ2n) is 5.94. The highest BCUT2D eigenvalue weighted by atomic mass is 16.3. The van der Waals surface area contributed by atoms with Crippen molar-refractivity contribution >= 4 is 17.2 Å². The molecule has 0 aliphatic carbocycles. The number of aldehydes is 1. The second kappa shape index (κ2) is 6.00. The molecule has 6 nitrogen and oxygen atoms in total. The summed E-state index contributed by atoms with van der Waals surface area (Å²) in [5.74, 6) is -0.176. The summed E-state index contributed by atoms with van der Waals surface area (Å²) in [5, 5.41) is 15.7. The largest absolute Gasteiger partial charge is 0.506 e. The fourth-order valence-corrected chi connectivity index (χ4v) is 3.07. The number of para-hydroxylation sites is 2. The molecule has 0 unspecified atom stereocenters. The maximum atomic E-state index is 12.9. The lowest BCUT2D eigenvalue weighted by Gasteiger charge is -2.10. The van der Waals surface area contributed by atoms with Gasteiger partial charge in [0.2, 0.25) is 0 Å². The number of aromatic nitrogens is 3. The van der Waals surface area contributed by atoms with E-state index in [4.69, 9.17) is 0 Å². The number of fused-ring (bicyclic) bond motifs is 1. The molecule has 4 rings (SSSR count). The van der Waals surface area contributed by atoms with Gasteiger partial charge >= 0.3 is 0 Å². The molecule has 0 spiro atoms. The third kappa shape index (κ3) is 2.31. The molecule has 0 atom stereocenters. The number of rotatable bonds is 3. The molecule has 0 bridgehead atoms. The Balaban J connectivity index is 2.04. The third-order valence-corrected chi connectivity index (χ3v) is 4.40. The standard InChI is InChI=1S/C20H15N3O3/c1-22-16-10-6-5-9-15(16)19(25)17(20(22)26)18-13(12-24)11-23(21-18)14-7-3-2-4-8-14/h2-12,25H,1H3. The topological polar surface area (TPSA) is 77.1 Å². The maximum absolute atomic E-state index is 12.9. The number of pyridine rings is 1. The number of hydrogen-bond donors (Lipinski definition) is 1. The van der Waals surface area contributed by atoms with Crippen molar-refractivity contribution in [1.82, 2.24) is 14.3 Å². The lowest BCUT2D eigenvalue weighted by Crippen LogP contribution is -2.19. The Morgan fingerprint density at radius 1 is 1.04 bits per heavy atom. The van der Waals surface area contributed by atoms with Gasteiger partial charge in [0.05, 0.1) is 16.8 Å². The van der Waals surface area contributed by atoms with Crippen LogP contribution in [0.25, 0.3) is 27.8 Å². The van der Waals surface area contributed by atoms with Crippen molar-refractivity contribution in [2.75, 3.05) is 0 Å². The van der Waals surface area contributed by atoms with E-state index in [-0.39, 0.29) is 22.6 Å². The predicted octanol–water partition coefficient (Wildman–Crippen LogP) is 2.91. The first-order chi connectivity index (χ1) is 12.6. The molecule has 4 aromatic rings. The molecule has 0 aliphatic rings. The van der Waals surface area contributed by atoms with Gasteiger partial charge in [-0.1, -0.05) is 30.3 Å². The Bertz CT molecular complexity index is 1190. The SMILES string of the molecule is Cn1c(=O)c(-c2nn(-c3ccccc3)cc2C=O)c(O)c2ccccc21. The summed E-state index contributed by atoms with van der Waals surface area (Å²) in [6.07, 6.45) is 2.18. The van der Waals surface area contributed by atoms with E-state index in [0.29, 0.717) is 17.2 Å². The van der Waals surface area contributed by atoms with E-state index in [1.165, 1.54) is 9.25 Å². The molecule has 128 valence electrons. The summed E-state index contributed by atoms with van der Waals surface area (Å²) in [7, 11) is 1.63. The van der Waals surface area contributed by atoms with Gasteiger partial charge in [0.25, 0.3) is 5.56 Å². The molecule has 0 saturated heterocycles. The summed E-state index contributed by atoms with van der Waals surface area (Å²) < 4.78 is 2.97. The minimum Gasteiger partial charge on any atom is -0.506 e. The van der Waals surface area contributed by atoms with Crippen LogP contribution < -0.4 is 5.56 Å². The van der Waals surface area contributed by atoms with Gasteiger partial charge in [-0.3, -0.25) is 9.59 Å². The van der Waals surface area contributed by atoms with Gasteiger partial charge in [-0.25, -0.2) is 4.68 Å². The Labute approximate surface area is 148 Å². The van der Waals surface area contributed by atoms with Crippen LogP contribution in [0.15, 0.2) is 65.6 Å². The van der Waals surface area contributed by atoms with Crippen molar-refractivity contribution in [1.29, 1.82) is 0 Å². The molecule has 6 heteroatoms. The fourth-order valence-electron chi connectivity index (χ4n) is 3.07. The molecule has 1 N–H and O–H groups in total. The summed E-state index contributed by atoms with van der Waals surface area (Å²) in [6.45, 7) is 0. The van der Waals surface area contributed by atoms with Crippen LogP contribution >= 0.6 is 0 Å². The van der Waals surface area contributed by atoms with Crippen LogP contribution in [-0.2, 0) is 7.05 Å². The zero-order valence-electron chi connectivity index (χ0n) is 14.0. The number of carbonyl (C=O) groups is 1. The van der Waals surface area contributed by atoms with Crippen LogP contribution in [-0.4, -0.2) is 25.7 Å². The van der Waals surface area contributed by atoms with Gasteiger partial charge in [0, 0.05) is 18.6 Å². The number of aromatic hydroxyl groups is 1. The van der Waals surface area contributed by atoms with E-state index in [2.05, 4.69) is 5.10 Å². The fraction of sp³-hybridized carbons (Fsp3) is 0.0500. The van der Waals surface area contributed by atoms with Crippen molar-refractivity contribution in [2.24, 2.45) is 7.05 Å². The molecule has 26 heavy (non-hydrogen) atoms. The van der Waals surface area contributed by atoms with Gasteiger partial charge in [0.15, 0.2) is 6.29 Å². The predicted molar refractivity (Wildman–Crippen MR) is 98.8 cm³/mol. The average molecular weight is 345 g/mol. The quantitative estimate of drug-likeness (QED) is 0.579. The average Bonchev–Trinajstić information content (AvgIpc) is 3.11. The minimum atomic E-state index is -0.414. The van der Waals surface area contributed by atoms with Crippen molar-refractivity contribution in [2.45, 2.75) is 0 Å². The molecule has 2 aromatic heterocycles. The highest BCUT2D eigenvalue weighted by Gasteiger charge is 2.22. The van der Waals surface area contributed by atoms with E-state index < -0.39 is 5.56 Å². The van der Waals surface area contributed by atoms with Gasteiger partial charge in [-0.15, -0.1) is 0 Å². The van der Waals surface area contributed by atoms with Crippen LogP contribution in [0.1, 0.15) is 10.4 Å².